The number of carbonyl (C=O) groups excluding carboxylic acids is 3. The zero-order valence-corrected chi connectivity index (χ0v) is 17.2. The highest BCUT2D eigenvalue weighted by Crippen LogP contribution is 2.36. The minimum Gasteiger partial charge on any atom is -0.480 e. The summed E-state index contributed by atoms with van der Waals surface area (Å²) in [6, 6.07) is 0. The van der Waals surface area contributed by atoms with E-state index in [-0.39, 0.29) is 16.2 Å². The van der Waals surface area contributed by atoms with E-state index in [1.807, 2.05) is 0 Å². The Hall–Kier alpha value is -2.74. The number of hydrogen-bond donors (Lipinski definition) is 1. The van der Waals surface area contributed by atoms with Crippen molar-refractivity contribution in [2.45, 2.75) is 58.5 Å². The van der Waals surface area contributed by atoms with E-state index in [1.54, 1.807) is 0 Å². The van der Waals surface area contributed by atoms with Gasteiger partial charge in [-0.1, -0.05) is 11.6 Å². The van der Waals surface area contributed by atoms with Gasteiger partial charge >= 0.3 is 17.9 Å². The Morgan fingerprint density at radius 1 is 0.862 bits per heavy atom. The van der Waals surface area contributed by atoms with Crippen molar-refractivity contribution < 1.29 is 38.4 Å². The molecule has 0 amide bonds. The summed E-state index contributed by atoms with van der Waals surface area (Å²) in [5.41, 5.74) is 0.621. The second kappa shape index (κ2) is 7.26. The van der Waals surface area contributed by atoms with Crippen molar-refractivity contribution in [2.75, 3.05) is 0 Å². The Balaban J connectivity index is 1.95. The first kappa shape index (κ1) is 21.0. The summed E-state index contributed by atoms with van der Waals surface area (Å²) < 4.78 is 20.5. The number of hydrogen-bond acceptors (Lipinski definition) is 8. The topological polar surface area (TPSA) is 108 Å². The van der Waals surface area contributed by atoms with Gasteiger partial charge in [0.05, 0.1) is 0 Å². The smallest absolute Gasteiger partial charge is 0.348 e. The molecule has 2 heterocycles. The summed E-state index contributed by atoms with van der Waals surface area (Å²) in [6.45, 7) is 5.90. The predicted octanol–water partition coefficient (Wildman–Crippen LogP) is 3.43. The average molecular weight is 425 g/mol. The molecule has 1 N–H and O–H groups in total. The molecule has 1 saturated heterocycles. The van der Waals surface area contributed by atoms with Gasteiger partial charge in [0, 0.05) is 32.7 Å². The fourth-order valence-electron chi connectivity index (χ4n) is 3.09. The molecule has 1 aliphatic carbocycles. The number of carbonyl (C=O) groups is 3. The molecule has 9 heteroatoms. The molecule has 3 rings (SSSR count). The number of cyclic esters (lactones) is 3. The normalized spacial score (nSPS) is 25.3. The van der Waals surface area contributed by atoms with Crippen molar-refractivity contribution in [1.82, 2.24) is 0 Å². The molecule has 0 radical (unpaired) electrons. The van der Waals surface area contributed by atoms with Gasteiger partial charge in [-0.25, -0.2) is 14.4 Å². The maximum atomic E-state index is 12.2. The highest BCUT2D eigenvalue weighted by Gasteiger charge is 2.39. The first-order valence-corrected chi connectivity index (χ1v) is 9.40. The van der Waals surface area contributed by atoms with Gasteiger partial charge in [0.15, 0.2) is 0 Å². The van der Waals surface area contributed by atoms with E-state index < -0.39 is 35.4 Å². The molecule has 156 valence electrons. The van der Waals surface area contributed by atoms with E-state index in [0.717, 1.165) is 0 Å². The van der Waals surface area contributed by atoms with Gasteiger partial charge in [-0.05, 0) is 42.6 Å². The maximum absolute atomic E-state index is 12.2. The fraction of sp³-hybridized carbons (Fsp3) is 0.450. The quantitative estimate of drug-likeness (QED) is 0.408. The maximum Gasteiger partial charge on any atom is 0.348 e. The van der Waals surface area contributed by atoms with Crippen molar-refractivity contribution in [3.05, 3.63) is 45.4 Å². The standard InChI is InChI=1S/C20H21ClO8/c1-19(2)26-15(22)12(16(23)27-19)8-10-6-5-7-11(14(10)21)9-13-17(24)28-20(3,4)29-18(13)25/h8-9,22H,5-7H2,1-4H3/b10-8+. The average Bonchev–Trinajstić information content (AvgIpc) is 2.55. The summed E-state index contributed by atoms with van der Waals surface area (Å²) in [5, 5.41) is 10.3. The van der Waals surface area contributed by atoms with Gasteiger partial charge in [0.1, 0.15) is 11.1 Å². The zero-order chi connectivity index (χ0) is 21.6. The summed E-state index contributed by atoms with van der Waals surface area (Å²) in [5.74, 6) is -5.52. The number of aliphatic hydroxyl groups excluding tert-OH is 1. The van der Waals surface area contributed by atoms with Crippen molar-refractivity contribution in [1.29, 1.82) is 0 Å². The zero-order valence-electron chi connectivity index (χ0n) is 16.5. The van der Waals surface area contributed by atoms with E-state index in [9.17, 15) is 19.5 Å². The van der Waals surface area contributed by atoms with Crippen molar-refractivity contribution in [2.24, 2.45) is 0 Å². The van der Waals surface area contributed by atoms with Crippen LogP contribution in [0, 0.1) is 0 Å². The number of rotatable bonds is 2. The van der Waals surface area contributed by atoms with E-state index in [0.29, 0.717) is 30.4 Å². The van der Waals surface area contributed by atoms with Gasteiger partial charge < -0.3 is 24.1 Å². The van der Waals surface area contributed by atoms with Crippen LogP contribution in [0.3, 0.4) is 0 Å². The molecule has 3 aliphatic rings. The van der Waals surface area contributed by atoms with Crippen LogP contribution in [0.25, 0.3) is 0 Å². The molecule has 0 aromatic rings. The lowest BCUT2D eigenvalue weighted by molar-refractivity contribution is -0.223. The number of ether oxygens (including phenoxy) is 4. The van der Waals surface area contributed by atoms with Crippen LogP contribution in [0.4, 0.5) is 0 Å². The van der Waals surface area contributed by atoms with Crippen molar-refractivity contribution in [3.63, 3.8) is 0 Å². The Bertz CT molecular complexity index is 895. The molecule has 0 aromatic heterocycles. The van der Waals surface area contributed by atoms with Gasteiger partial charge in [0.2, 0.25) is 0 Å². The Kier molecular flexibility index (Phi) is 5.25. The summed E-state index contributed by atoms with van der Waals surface area (Å²) >= 11 is 6.46. The Labute approximate surface area is 172 Å². The predicted molar refractivity (Wildman–Crippen MR) is 100 cm³/mol. The Morgan fingerprint density at radius 2 is 1.41 bits per heavy atom. The minimum absolute atomic E-state index is 0.162. The number of esters is 3. The molecule has 0 atom stereocenters. The third-order valence-electron chi connectivity index (χ3n) is 4.34. The van der Waals surface area contributed by atoms with E-state index in [2.05, 4.69) is 0 Å². The highest BCUT2D eigenvalue weighted by atomic mass is 35.5. The lowest BCUT2D eigenvalue weighted by Crippen LogP contribution is -2.41. The van der Waals surface area contributed by atoms with Crippen LogP contribution in [-0.4, -0.2) is 34.6 Å². The summed E-state index contributed by atoms with van der Waals surface area (Å²) in [7, 11) is 0. The van der Waals surface area contributed by atoms with Crippen LogP contribution in [0.5, 0.6) is 0 Å². The number of allylic oxidation sites excluding steroid dienone is 4. The number of aliphatic hydroxyl groups is 1. The molecule has 2 aliphatic heterocycles. The largest absolute Gasteiger partial charge is 0.480 e. The molecule has 0 spiro atoms. The third-order valence-corrected chi connectivity index (χ3v) is 4.83. The van der Waals surface area contributed by atoms with Crippen LogP contribution in [-0.2, 0) is 33.3 Å². The molecular weight excluding hydrogens is 404 g/mol. The molecule has 0 saturated carbocycles. The minimum atomic E-state index is -1.33. The fourth-order valence-corrected chi connectivity index (χ4v) is 3.39. The number of halogens is 1. The third kappa shape index (κ3) is 4.48. The monoisotopic (exact) mass is 424 g/mol. The molecule has 0 aromatic carbocycles. The molecule has 0 bridgehead atoms. The molecule has 0 unspecified atom stereocenters. The van der Waals surface area contributed by atoms with Gasteiger partial charge in [-0.15, -0.1) is 0 Å². The SMILES string of the molecule is CC1(C)OC(=O)C(=CC2=C(Cl)/C(=C/C3=C(O)OC(C)(C)OC3=O)CCC2)C(=O)O1. The van der Waals surface area contributed by atoms with Gasteiger partial charge in [-0.3, -0.25) is 0 Å². The molecule has 8 nitrogen and oxygen atoms in total. The van der Waals surface area contributed by atoms with Crippen LogP contribution >= 0.6 is 11.6 Å². The van der Waals surface area contributed by atoms with Crippen LogP contribution in [0.2, 0.25) is 0 Å². The van der Waals surface area contributed by atoms with E-state index in [4.69, 9.17) is 30.5 Å². The first-order valence-electron chi connectivity index (χ1n) is 9.02. The molecular formula is C20H21ClO8. The van der Waals surface area contributed by atoms with E-state index in [1.165, 1.54) is 39.8 Å². The van der Waals surface area contributed by atoms with Gasteiger partial charge in [0.25, 0.3) is 17.5 Å². The molecule has 1 fully saturated rings. The first-order chi connectivity index (χ1) is 13.4. The van der Waals surface area contributed by atoms with Crippen molar-refractivity contribution in [3.8, 4) is 0 Å². The van der Waals surface area contributed by atoms with Crippen LogP contribution < -0.4 is 0 Å². The second-order valence-corrected chi connectivity index (χ2v) is 8.09. The summed E-state index contributed by atoms with van der Waals surface area (Å²) in [4.78, 5) is 36.5. The van der Waals surface area contributed by atoms with E-state index >= 15 is 0 Å². The Morgan fingerprint density at radius 3 is 2.00 bits per heavy atom. The van der Waals surface area contributed by atoms with Gasteiger partial charge in [-0.2, -0.15) is 0 Å². The summed E-state index contributed by atoms with van der Waals surface area (Å²) in [6.07, 6.45) is 4.38. The van der Waals surface area contributed by atoms with Crippen LogP contribution in [0.15, 0.2) is 45.4 Å². The lowest BCUT2D eigenvalue weighted by atomic mass is 9.92. The van der Waals surface area contributed by atoms with Crippen LogP contribution in [0.1, 0.15) is 47.0 Å². The second-order valence-electron chi connectivity index (χ2n) is 7.71. The molecule has 29 heavy (non-hydrogen) atoms. The highest BCUT2D eigenvalue weighted by molar-refractivity contribution is 6.33. The van der Waals surface area contributed by atoms with Crippen molar-refractivity contribution >= 4 is 29.5 Å². The lowest BCUT2D eigenvalue weighted by Gasteiger charge is -2.30.